The second-order valence-corrected chi connectivity index (χ2v) is 5.87. The van der Waals surface area contributed by atoms with Crippen LogP contribution in [0.15, 0.2) is 0 Å². The fourth-order valence-electron chi connectivity index (χ4n) is 3.21. The molecule has 1 saturated carbocycles. The quantitative estimate of drug-likeness (QED) is 0.870. The van der Waals surface area contributed by atoms with Gasteiger partial charge in [0.05, 0.1) is 5.69 Å². The second kappa shape index (κ2) is 6.87. The predicted octanol–water partition coefficient (Wildman–Crippen LogP) is 3.29. The van der Waals surface area contributed by atoms with Crippen LogP contribution in [0.25, 0.3) is 0 Å². The molecule has 2 atom stereocenters. The maximum Gasteiger partial charge on any atom is 0.339 e. The van der Waals surface area contributed by atoms with Gasteiger partial charge in [-0.1, -0.05) is 33.6 Å². The Balaban J connectivity index is 2.36. The lowest BCUT2D eigenvalue weighted by Crippen LogP contribution is -2.32. The standard InChI is InChI=1S/C16H25N3O2/c1-4-11-12(5-2)18-19-15(14(11)16(20)21)17-13-9-7-6-8-10(13)3/h10,13H,4-9H2,1-3H3,(H,17,19)(H,20,21). The minimum Gasteiger partial charge on any atom is -0.478 e. The van der Waals surface area contributed by atoms with Crippen LogP contribution in [0, 0.1) is 5.92 Å². The Morgan fingerprint density at radius 1 is 1.24 bits per heavy atom. The molecule has 1 fully saturated rings. The lowest BCUT2D eigenvalue weighted by Gasteiger charge is -2.30. The molecule has 2 N–H and O–H groups in total. The van der Waals surface area contributed by atoms with E-state index in [9.17, 15) is 9.90 Å². The molecule has 0 aromatic carbocycles. The number of aromatic nitrogens is 2. The molecular weight excluding hydrogens is 266 g/mol. The summed E-state index contributed by atoms with van der Waals surface area (Å²) in [5, 5.41) is 21.3. The van der Waals surface area contributed by atoms with Crippen LogP contribution in [0.4, 0.5) is 5.82 Å². The summed E-state index contributed by atoms with van der Waals surface area (Å²) >= 11 is 0. The maximum absolute atomic E-state index is 11.7. The minimum absolute atomic E-state index is 0.295. The number of hydrogen-bond acceptors (Lipinski definition) is 4. The van der Waals surface area contributed by atoms with Crippen molar-refractivity contribution < 1.29 is 9.90 Å². The molecule has 0 spiro atoms. The zero-order valence-corrected chi connectivity index (χ0v) is 13.1. The van der Waals surface area contributed by atoms with Gasteiger partial charge < -0.3 is 10.4 Å². The van der Waals surface area contributed by atoms with Gasteiger partial charge in [0.15, 0.2) is 5.82 Å². The number of aryl methyl sites for hydroxylation is 1. The molecule has 1 aromatic rings. The summed E-state index contributed by atoms with van der Waals surface area (Å²) in [5.74, 6) is 0.0656. The number of aromatic carboxylic acids is 1. The number of carbonyl (C=O) groups is 1. The molecule has 116 valence electrons. The Kier molecular flexibility index (Phi) is 5.15. The minimum atomic E-state index is -0.914. The van der Waals surface area contributed by atoms with Crippen LogP contribution in [0.3, 0.4) is 0 Å². The van der Waals surface area contributed by atoms with Crippen molar-refractivity contribution in [1.82, 2.24) is 10.2 Å². The number of hydrogen-bond donors (Lipinski definition) is 2. The second-order valence-electron chi connectivity index (χ2n) is 5.87. The van der Waals surface area contributed by atoms with E-state index in [1.807, 2.05) is 13.8 Å². The molecule has 0 aliphatic heterocycles. The van der Waals surface area contributed by atoms with E-state index in [1.165, 1.54) is 19.3 Å². The van der Waals surface area contributed by atoms with E-state index in [0.29, 0.717) is 36.2 Å². The molecule has 1 heterocycles. The highest BCUT2D eigenvalue weighted by Crippen LogP contribution is 2.28. The Labute approximate surface area is 126 Å². The molecule has 1 aliphatic rings. The Morgan fingerprint density at radius 3 is 2.52 bits per heavy atom. The van der Waals surface area contributed by atoms with Crippen LogP contribution in [-0.4, -0.2) is 27.3 Å². The molecule has 1 aromatic heterocycles. The third-order valence-corrected chi connectivity index (χ3v) is 4.49. The van der Waals surface area contributed by atoms with Crippen LogP contribution < -0.4 is 5.32 Å². The third-order valence-electron chi connectivity index (χ3n) is 4.49. The molecule has 5 nitrogen and oxygen atoms in total. The molecule has 0 radical (unpaired) electrons. The summed E-state index contributed by atoms with van der Waals surface area (Å²) in [6, 6.07) is 0.295. The van der Waals surface area contributed by atoms with Gasteiger partial charge in [-0.05, 0) is 37.2 Å². The van der Waals surface area contributed by atoms with E-state index in [2.05, 4.69) is 22.4 Å². The first kappa shape index (κ1) is 15.7. The van der Waals surface area contributed by atoms with Crippen molar-refractivity contribution in [3.8, 4) is 0 Å². The average Bonchev–Trinajstić information content (AvgIpc) is 2.48. The summed E-state index contributed by atoms with van der Waals surface area (Å²) in [6.07, 6.45) is 6.06. The molecule has 5 heteroatoms. The van der Waals surface area contributed by atoms with Crippen molar-refractivity contribution in [3.63, 3.8) is 0 Å². The van der Waals surface area contributed by atoms with Gasteiger partial charge in [0, 0.05) is 6.04 Å². The summed E-state index contributed by atoms with van der Waals surface area (Å²) in [7, 11) is 0. The number of anilines is 1. The third kappa shape index (κ3) is 3.34. The first-order valence-electron chi connectivity index (χ1n) is 7.96. The highest BCUT2D eigenvalue weighted by atomic mass is 16.4. The van der Waals surface area contributed by atoms with Crippen molar-refractivity contribution in [2.45, 2.75) is 65.3 Å². The van der Waals surface area contributed by atoms with Gasteiger partial charge in [-0.2, -0.15) is 5.10 Å². The van der Waals surface area contributed by atoms with E-state index in [0.717, 1.165) is 17.7 Å². The van der Waals surface area contributed by atoms with Crippen molar-refractivity contribution >= 4 is 11.8 Å². The highest BCUT2D eigenvalue weighted by molar-refractivity contribution is 5.95. The smallest absolute Gasteiger partial charge is 0.339 e. The van der Waals surface area contributed by atoms with Gasteiger partial charge in [0.2, 0.25) is 0 Å². The lowest BCUT2D eigenvalue weighted by atomic mass is 9.86. The number of carboxylic acid groups (broad SMARTS) is 1. The Bertz CT molecular complexity index is 516. The molecular formula is C16H25N3O2. The van der Waals surface area contributed by atoms with Gasteiger partial charge in [-0.25, -0.2) is 4.79 Å². The van der Waals surface area contributed by atoms with Gasteiger partial charge in [0.25, 0.3) is 0 Å². The zero-order valence-electron chi connectivity index (χ0n) is 13.1. The fraction of sp³-hybridized carbons (Fsp3) is 0.688. The Hall–Kier alpha value is -1.65. The number of nitrogens with zero attached hydrogens (tertiary/aromatic N) is 2. The van der Waals surface area contributed by atoms with E-state index in [-0.39, 0.29) is 0 Å². The molecule has 2 unspecified atom stereocenters. The first-order valence-corrected chi connectivity index (χ1v) is 7.96. The number of rotatable bonds is 5. The predicted molar refractivity (Wildman–Crippen MR) is 82.8 cm³/mol. The molecule has 21 heavy (non-hydrogen) atoms. The van der Waals surface area contributed by atoms with Crippen LogP contribution in [0.1, 0.15) is 68.1 Å². The van der Waals surface area contributed by atoms with Crippen LogP contribution >= 0.6 is 0 Å². The fourth-order valence-corrected chi connectivity index (χ4v) is 3.21. The van der Waals surface area contributed by atoms with E-state index in [1.54, 1.807) is 0 Å². The van der Waals surface area contributed by atoms with Crippen LogP contribution in [0.5, 0.6) is 0 Å². The Morgan fingerprint density at radius 2 is 1.95 bits per heavy atom. The summed E-state index contributed by atoms with van der Waals surface area (Å²) in [4.78, 5) is 11.7. The van der Waals surface area contributed by atoms with Gasteiger partial charge in [-0.3, -0.25) is 0 Å². The number of carboxylic acids is 1. The molecule has 0 amide bonds. The van der Waals surface area contributed by atoms with E-state index >= 15 is 0 Å². The molecule has 0 bridgehead atoms. The average molecular weight is 291 g/mol. The summed E-state index contributed by atoms with van der Waals surface area (Å²) in [6.45, 7) is 6.16. The van der Waals surface area contributed by atoms with Crippen molar-refractivity contribution in [2.75, 3.05) is 5.32 Å². The molecule has 2 rings (SSSR count). The SMILES string of the molecule is CCc1nnc(NC2CCCCC2C)c(C(=O)O)c1CC. The van der Waals surface area contributed by atoms with Crippen molar-refractivity contribution in [1.29, 1.82) is 0 Å². The first-order chi connectivity index (χ1) is 10.1. The summed E-state index contributed by atoms with van der Waals surface area (Å²) < 4.78 is 0. The monoisotopic (exact) mass is 291 g/mol. The summed E-state index contributed by atoms with van der Waals surface area (Å²) in [5.41, 5.74) is 1.91. The topological polar surface area (TPSA) is 75.1 Å². The number of nitrogens with one attached hydrogen (secondary N) is 1. The van der Waals surface area contributed by atoms with Crippen molar-refractivity contribution in [2.24, 2.45) is 5.92 Å². The normalized spacial score (nSPS) is 22.0. The largest absolute Gasteiger partial charge is 0.478 e. The van der Waals surface area contributed by atoms with Crippen LogP contribution in [-0.2, 0) is 12.8 Å². The van der Waals surface area contributed by atoms with E-state index < -0.39 is 5.97 Å². The van der Waals surface area contributed by atoms with Gasteiger partial charge in [0.1, 0.15) is 5.56 Å². The van der Waals surface area contributed by atoms with Crippen molar-refractivity contribution in [3.05, 3.63) is 16.8 Å². The zero-order chi connectivity index (χ0) is 15.4. The maximum atomic E-state index is 11.7. The van der Waals surface area contributed by atoms with Gasteiger partial charge >= 0.3 is 5.97 Å². The molecule has 1 aliphatic carbocycles. The molecule has 0 saturated heterocycles. The van der Waals surface area contributed by atoms with E-state index in [4.69, 9.17) is 0 Å². The van der Waals surface area contributed by atoms with Gasteiger partial charge in [-0.15, -0.1) is 5.10 Å². The highest BCUT2D eigenvalue weighted by Gasteiger charge is 2.26. The lowest BCUT2D eigenvalue weighted by molar-refractivity contribution is 0.0696. The van der Waals surface area contributed by atoms with Crippen LogP contribution in [0.2, 0.25) is 0 Å².